The molecule has 4 nitrogen and oxygen atoms in total. The van der Waals surface area contributed by atoms with Gasteiger partial charge in [0.2, 0.25) is 0 Å². The van der Waals surface area contributed by atoms with E-state index in [0.717, 1.165) is 27.8 Å². The van der Waals surface area contributed by atoms with Gasteiger partial charge in [-0.2, -0.15) is 0 Å². The summed E-state index contributed by atoms with van der Waals surface area (Å²) >= 11 is 1.54. The van der Waals surface area contributed by atoms with Gasteiger partial charge in [0.05, 0.1) is 6.61 Å². The van der Waals surface area contributed by atoms with E-state index in [9.17, 15) is 4.79 Å². The molecule has 0 aliphatic heterocycles. The van der Waals surface area contributed by atoms with Crippen LogP contribution in [-0.4, -0.2) is 18.2 Å². The van der Waals surface area contributed by atoms with Crippen molar-refractivity contribution >= 4 is 23.4 Å². The van der Waals surface area contributed by atoms with Gasteiger partial charge >= 0.3 is 5.97 Å². The summed E-state index contributed by atoms with van der Waals surface area (Å²) in [4.78, 5) is 11.5. The minimum Gasteiger partial charge on any atom is -0.488 e. The predicted octanol–water partition coefficient (Wildman–Crippen LogP) is 3.57. The van der Waals surface area contributed by atoms with Gasteiger partial charge in [-0.25, -0.2) is 4.79 Å². The van der Waals surface area contributed by atoms with E-state index >= 15 is 0 Å². The van der Waals surface area contributed by atoms with E-state index in [4.69, 9.17) is 14.6 Å². The van der Waals surface area contributed by atoms with Crippen molar-refractivity contribution in [2.45, 2.75) is 13.2 Å². The lowest BCUT2D eigenvalue weighted by atomic mass is 10.2. The van der Waals surface area contributed by atoms with Gasteiger partial charge in [-0.3, -0.25) is 0 Å². The van der Waals surface area contributed by atoms with Crippen LogP contribution in [0, 0.1) is 0 Å². The van der Waals surface area contributed by atoms with E-state index in [2.05, 4.69) is 0 Å². The van der Waals surface area contributed by atoms with Crippen molar-refractivity contribution in [3.05, 3.63) is 57.8 Å². The van der Waals surface area contributed by atoms with E-state index < -0.39 is 5.97 Å². The zero-order chi connectivity index (χ0) is 15.1. The Bertz CT molecular complexity index is 631. The maximum atomic E-state index is 10.6. The van der Waals surface area contributed by atoms with Gasteiger partial charge in [-0.15, -0.1) is 11.3 Å². The summed E-state index contributed by atoms with van der Waals surface area (Å²) in [5, 5.41) is 10.6. The third kappa shape index (κ3) is 4.73. The molecular weight excluding hydrogens is 288 g/mol. The van der Waals surface area contributed by atoms with Crippen molar-refractivity contribution in [2.75, 3.05) is 7.11 Å². The molecule has 0 aliphatic carbocycles. The van der Waals surface area contributed by atoms with E-state index in [-0.39, 0.29) is 0 Å². The maximum absolute atomic E-state index is 10.6. The van der Waals surface area contributed by atoms with Crippen LogP contribution < -0.4 is 4.74 Å². The fourth-order valence-corrected chi connectivity index (χ4v) is 2.60. The lowest BCUT2D eigenvalue weighted by Gasteiger charge is -2.07. The van der Waals surface area contributed by atoms with E-state index in [1.165, 1.54) is 0 Å². The van der Waals surface area contributed by atoms with E-state index in [1.807, 2.05) is 35.7 Å². The summed E-state index contributed by atoms with van der Waals surface area (Å²) in [6, 6.07) is 9.60. The van der Waals surface area contributed by atoms with Gasteiger partial charge in [0.25, 0.3) is 0 Å². The summed E-state index contributed by atoms with van der Waals surface area (Å²) in [6.45, 7) is 0.955. The molecule has 0 spiro atoms. The average Bonchev–Trinajstić information content (AvgIpc) is 2.91. The van der Waals surface area contributed by atoms with E-state index in [1.54, 1.807) is 24.5 Å². The van der Waals surface area contributed by atoms with Crippen molar-refractivity contribution in [3.8, 4) is 5.75 Å². The molecule has 0 fully saturated rings. The number of aliphatic carboxylic acids is 1. The largest absolute Gasteiger partial charge is 0.488 e. The number of carbonyl (C=O) groups is 1. The Labute approximate surface area is 127 Å². The highest BCUT2D eigenvalue weighted by Gasteiger charge is 2.04. The first-order valence-electron chi connectivity index (χ1n) is 6.37. The molecule has 5 heteroatoms. The van der Waals surface area contributed by atoms with Crippen molar-refractivity contribution in [1.29, 1.82) is 0 Å². The van der Waals surface area contributed by atoms with E-state index in [0.29, 0.717) is 13.2 Å². The van der Waals surface area contributed by atoms with Crippen LogP contribution in [0.2, 0.25) is 0 Å². The molecule has 0 unspecified atom stereocenters. The van der Waals surface area contributed by atoms with Crippen molar-refractivity contribution < 1.29 is 19.4 Å². The van der Waals surface area contributed by atoms with Gasteiger partial charge in [0, 0.05) is 18.1 Å². The maximum Gasteiger partial charge on any atom is 0.328 e. The Hall–Kier alpha value is -2.11. The van der Waals surface area contributed by atoms with Crippen molar-refractivity contribution in [3.63, 3.8) is 0 Å². The number of hydrogen-bond donors (Lipinski definition) is 1. The van der Waals surface area contributed by atoms with Gasteiger partial charge in [0.15, 0.2) is 0 Å². The lowest BCUT2D eigenvalue weighted by molar-refractivity contribution is -0.131. The molecule has 2 aromatic rings. The average molecular weight is 304 g/mol. The second-order valence-electron chi connectivity index (χ2n) is 4.34. The van der Waals surface area contributed by atoms with Crippen LogP contribution in [0.5, 0.6) is 5.75 Å². The third-order valence-electron chi connectivity index (χ3n) is 2.76. The first kappa shape index (κ1) is 15.3. The SMILES string of the molecule is COCc1cccc(OCc2sccc2C=CC(=O)O)c1. The van der Waals surface area contributed by atoms with Crippen LogP contribution in [0.15, 0.2) is 41.8 Å². The molecule has 1 N–H and O–H groups in total. The van der Waals surface area contributed by atoms with Crippen LogP contribution in [-0.2, 0) is 22.7 Å². The third-order valence-corrected chi connectivity index (χ3v) is 3.67. The minimum absolute atomic E-state index is 0.410. The summed E-state index contributed by atoms with van der Waals surface area (Å²) in [5.74, 6) is -0.188. The quantitative estimate of drug-likeness (QED) is 0.795. The van der Waals surface area contributed by atoms with Gasteiger partial charge in [0.1, 0.15) is 12.4 Å². The molecule has 0 saturated heterocycles. The number of rotatable bonds is 7. The Balaban J connectivity index is 2.01. The van der Waals surface area contributed by atoms with Gasteiger partial charge in [-0.05, 0) is 40.8 Å². The first-order chi connectivity index (χ1) is 10.2. The second-order valence-corrected chi connectivity index (χ2v) is 5.34. The molecule has 110 valence electrons. The highest BCUT2D eigenvalue weighted by molar-refractivity contribution is 7.10. The smallest absolute Gasteiger partial charge is 0.328 e. The molecule has 0 amide bonds. The number of carboxylic acids is 1. The van der Waals surface area contributed by atoms with Crippen molar-refractivity contribution in [2.24, 2.45) is 0 Å². The number of methoxy groups -OCH3 is 1. The molecule has 2 rings (SSSR count). The molecular formula is C16H16O4S. The van der Waals surface area contributed by atoms with Crippen LogP contribution in [0.25, 0.3) is 6.08 Å². The number of hydrogen-bond acceptors (Lipinski definition) is 4. The summed E-state index contributed by atoms with van der Waals surface area (Å²) < 4.78 is 10.8. The number of benzene rings is 1. The normalized spacial score (nSPS) is 10.9. The van der Waals surface area contributed by atoms with Crippen molar-refractivity contribution in [1.82, 2.24) is 0 Å². The van der Waals surface area contributed by atoms with Crippen LogP contribution in [0.4, 0.5) is 0 Å². The zero-order valence-electron chi connectivity index (χ0n) is 11.6. The monoisotopic (exact) mass is 304 g/mol. The lowest BCUT2D eigenvalue weighted by Crippen LogP contribution is -1.96. The number of ether oxygens (including phenoxy) is 2. The molecule has 0 atom stereocenters. The zero-order valence-corrected chi connectivity index (χ0v) is 12.4. The van der Waals surface area contributed by atoms with Crippen LogP contribution in [0.1, 0.15) is 16.0 Å². The fourth-order valence-electron chi connectivity index (χ4n) is 1.82. The summed E-state index contributed by atoms with van der Waals surface area (Å²) in [6.07, 6.45) is 2.71. The minimum atomic E-state index is -0.958. The Kier molecular flexibility index (Phi) is 5.54. The highest BCUT2D eigenvalue weighted by atomic mass is 32.1. The summed E-state index contributed by atoms with van der Waals surface area (Å²) in [7, 11) is 1.65. The standard InChI is InChI=1S/C16H16O4S/c1-19-10-12-3-2-4-14(9-12)20-11-15-13(7-8-21-15)5-6-16(17)18/h2-9H,10-11H2,1H3,(H,17,18). The second kappa shape index (κ2) is 7.61. The Morgan fingerprint density at radius 2 is 2.19 bits per heavy atom. The molecule has 1 aromatic heterocycles. The van der Waals surface area contributed by atoms with Crippen LogP contribution in [0.3, 0.4) is 0 Å². The van der Waals surface area contributed by atoms with Gasteiger partial charge < -0.3 is 14.6 Å². The van der Waals surface area contributed by atoms with Gasteiger partial charge in [-0.1, -0.05) is 12.1 Å². The Morgan fingerprint density at radius 1 is 1.33 bits per heavy atom. The Morgan fingerprint density at radius 3 is 2.95 bits per heavy atom. The fraction of sp³-hybridized carbons (Fsp3) is 0.188. The molecule has 0 bridgehead atoms. The summed E-state index contributed by atoms with van der Waals surface area (Å²) in [5.41, 5.74) is 1.92. The molecule has 1 heterocycles. The topological polar surface area (TPSA) is 55.8 Å². The van der Waals surface area contributed by atoms with Crippen LogP contribution >= 0.6 is 11.3 Å². The predicted molar refractivity (Wildman–Crippen MR) is 82.5 cm³/mol. The molecule has 21 heavy (non-hydrogen) atoms. The molecule has 0 radical (unpaired) electrons. The molecule has 0 aliphatic rings. The number of thiophene rings is 1. The number of carboxylic acid groups (broad SMARTS) is 1. The highest BCUT2D eigenvalue weighted by Crippen LogP contribution is 2.22. The first-order valence-corrected chi connectivity index (χ1v) is 7.25. The molecule has 0 saturated carbocycles. The molecule has 1 aromatic carbocycles.